The van der Waals surface area contributed by atoms with Crippen molar-refractivity contribution in [2.45, 2.75) is 6.54 Å². The Kier molecular flexibility index (Phi) is 7.97. The van der Waals surface area contributed by atoms with Gasteiger partial charge < -0.3 is 14.8 Å². The lowest BCUT2D eigenvalue weighted by atomic mass is 10.0. The van der Waals surface area contributed by atoms with Gasteiger partial charge in [0.2, 0.25) is 0 Å². The topological polar surface area (TPSA) is 128 Å². The van der Waals surface area contributed by atoms with Gasteiger partial charge in [0, 0.05) is 17.8 Å². The number of hydrogen-bond acceptors (Lipinski definition) is 8. The summed E-state index contributed by atoms with van der Waals surface area (Å²) in [6, 6.07) is 24.1. The molecule has 41 heavy (non-hydrogen) atoms. The molecule has 1 saturated heterocycles. The fourth-order valence-electron chi connectivity index (χ4n) is 4.32. The quantitative estimate of drug-likeness (QED) is 0.147. The maximum Gasteiger partial charge on any atom is 0.293 e. The predicted molar refractivity (Wildman–Crippen MR) is 156 cm³/mol. The number of rotatable bonds is 9. The van der Waals surface area contributed by atoms with Gasteiger partial charge in [-0.2, -0.15) is 0 Å². The van der Waals surface area contributed by atoms with Crippen LogP contribution in [-0.4, -0.2) is 40.6 Å². The Morgan fingerprint density at radius 1 is 1.00 bits per heavy atom. The Morgan fingerprint density at radius 2 is 1.78 bits per heavy atom. The van der Waals surface area contributed by atoms with Crippen molar-refractivity contribution >= 4 is 57.0 Å². The molecule has 4 aromatic rings. The summed E-state index contributed by atoms with van der Waals surface area (Å²) in [6.07, 6.45) is 1.61. The van der Waals surface area contributed by atoms with Gasteiger partial charge in [0.1, 0.15) is 0 Å². The van der Waals surface area contributed by atoms with E-state index in [2.05, 4.69) is 5.32 Å². The van der Waals surface area contributed by atoms with Crippen LogP contribution >= 0.6 is 11.8 Å². The summed E-state index contributed by atoms with van der Waals surface area (Å²) in [4.78, 5) is 50.1. The minimum Gasteiger partial charge on any atom is -0.493 e. The van der Waals surface area contributed by atoms with Gasteiger partial charge in [-0.05, 0) is 57.9 Å². The zero-order valence-electron chi connectivity index (χ0n) is 21.7. The summed E-state index contributed by atoms with van der Waals surface area (Å²) in [5.41, 5.74) is 1.60. The summed E-state index contributed by atoms with van der Waals surface area (Å²) in [5, 5.41) is 15.1. The number of nitrogens with one attached hydrogen (secondary N) is 1. The fraction of sp³-hybridized carbons (Fsp3) is 0.100. The van der Waals surface area contributed by atoms with Crippen LogP contribution in [0.1, 0.15) is 11.1 Å². The normalized spacial score (nSPS) is 14.0. The molecule has 4 aromatic carbocycles. The molecule has 0 spiro atoms. The molecule has 3 amide bonds. The molecule has 0 aromatic heterocycles. The van der Waals surface area contributed by atoms with Crippen LogP contribution in [0.2, 0.25) is 0 Å². The number of nitro benzene ring substituents is 1. The van der Waals surface area contributed by atoms with Crippen molar-refractivity contribution < 1.29 is 28.8 Å². The van der Waals surface area contributed by atoms with Crippen molar-refractivity contribution in [3.8, 4) is 11.5 Å². The molecule has 0 radical (unpaired) electrons. The summed E-state index contributed by atoms with van der Waals surface area (Å²) < 4.78 is 11.0. The van der Waals surface area contributed by atoms with Crippen LogP contribution in [0.15, 0.2) is 89.8 Å². The molecular weight excluding hydrogens is 546 g/mol. The predicted octanol–water partition coefficient (Wildman–Crippen LogP) is 6.01. The number of imide groups is 1. The van der Waals surface area contributed by atoms with Crippen LogP contribution in [0.4, 0.5) is 16.2 Å². The molecular formula is C30H23N3O7S. The van der Waals surface area contributed by atoms with E-state index in [9.17, 15) is 24.5 Å². The smallest absolute Gasteiger partial charge is 0.293 e. The van der Waals surface area contributed by atoms with E-state index in [1.165, 1.54) is 36.3 Å². The van der Waals surface area contributed by atoms with Crippen LogP contribution in [-0.2, 0) is 16.1 Å². The number of thioether (sulfide) groups is 1. The maximum atomic E-state index is 13.1. The highest BCUT2D eigenvalue weighted by Gasteiger charge is 2.35. The fourth-order valence-corrected chi connectivity index (χ4v) is 5.16. The molecule has 1 aliphatic heterocycles. The first kappa shape index (κ1) is 27.4. The zero-order chi connectivity index (χ0) is 28.9. The van der Waals surface area contributed by atoms with Crippen molar-refractivity contribution in [3.05, 3.63) is 111 Å². The SMILES string of the molecule is COc1cc(/C=C2\SC(=O)N(Cc3cccc4ccccc34)C2=O)ccc1OCC(=O)Nc1cccc([N+](=O)[O-])c1. The first-order valence-electron chi connectivity index (χ1n) is 12.4. The van der Waals surface area contributed by atoms with Crippen molar-refractivity contribution in [2.24, 2.45) is 0 Å². The van der Waals surface area contributed by atoms with Crippen molar-refractivity contribution in [2.75, 3.05) is 19.0 Å². The largest absolute Gasteiger partial charge is 0.493 e. The molecule has 0 saturated carbocycles. The van der Waals surface area contributed by atoms with Gasteiger partial charge in [0.25, 0.3) is 22.7 Å². The third kappa shape index (κ3) is 6.20. The second-order valence-corrected chi connectivity index (χ2v) is 9.95. The van der Waals surface area contributed by atoms with E-state index in [0.717, 1.165) is 28.1 Å². The molecule has 5 rings (SSSR count). The molecule has 206 valence electrons. The number of methoxy groups -OCH3 is 1. The molecule has 0 unspecified atom stereocenters. The molecule has 0 aliphatic carbocycles. The Morgan fingerprint density at radius 3 is 2.59 bits per heavy atom. The first-order valence-corrected chi connectivity index (χ1v) is 13.2. The lowest BCUT2D eigenvalue weighted by Gasteiger charge is -2.14. The number of nitro groups is 1. The van der Waals surface area contributed by atoms with Gasteiger partial charge in [-0.1, -0.05) is 54.6 Å². The Labute approximate surface area is 238 Å². The van der Waals surface area contributed by atoms with E-state index in [0.29, 0.717) is 11.3 Å². The number of hydrogen-bond donors (Lipinski definition) is 1. The molecule has 1 N–H and O–H groups in total. The summed E-state index contributed by atoms with van der Waals surface area (Å²) >= 11 is 0.868. The Balaban J connectivity index is 1.26. The number of amides is 3. The third-order valence-corrected chi connectivity index (χ3v) is 7.17. The molecule has 11 heteroatoms. The number of carbonyl (C=O) groups excluding carboxylic acids is 3. The van der Waals surface area contributed by atoms with E-state index in [1.54, 1.807) is 24.3 Å². The van der Waals surface area contributed by atoms with Gasteiger partial charge in [-0.25, -0.2) is 0 Å². The number of anilines is 1. The average Bonchev–Trinajstić information content (AvgIpc) is 3.23. The van der Waals surface area contributed by atoms with Gasteiger partial charge in [-0.3, -0.25) is 29.4 Å². The monoisotopic (exact) mass is 569 g/mol. The minimum absolute atomic E-state index is 0.146. The Hall–Kier alpha value is -5.16. The second-order valence-electron chi connectivity index (χ2n) is 8.96. The van der Waals surface area contributed by atoms with Gasteiger partial charge >= 0.3 is 0 Å². The summed E-state index contributed by atoms with van der Waals surface area (Å²) in [7, 11) is 1.44. The highest BCUT2D eigenvalue weighted by atomic mass is 32.2. The van der Waals surface area contributed by atoms with Gasteiger partial charge in [-0.15, -0.1) is 0 Å². The second kappa shape index (κ2) is 11.9. The van der Waals surface area contributed by atoms with E-state index in [-0.39, 0.29) is 46.3 Å². The zero-order valence-corrected chi connectivity index (χ0v) is 22.6. The number of benzene rings is 4. The molecule has 0 atom stereocenters. The standard InChI is InChI=1S/C30H23N3O7S/c1-39-26-14-19(12-13-25(26)40-18-28(34)31-22-9-5-10-23(16-22)33(37)38)15-27-29(35)32(30(36)41-27)17-21-8-4-7-20-6-2-3-11-24(20)21/h2-16H,17-18H2,1H3,(H,31,34)/b27-15-. The molecule has 0 bridgehead atoms. The van der Waals surface area contributed by atoms with Gasteiger partial charge in [0.05, 0.1) is 23.5 Å². The molecule has 1 aliphatic rings. The first-order chi connectivity index (χ1) is 19.8. The summed E-state index contributed by atoms with van der Waals surface area (Å²) in [6.45, 7) is -0.205. The number of nitrogens with zero attached hydrogens (tertiary/aromatic N) is 2. The third-order valence-electron chi connectivity index (χ3n) is 6.27. The number of ether oxygens (including phenoxy) is 2. The van der Waals surface area contributed by atoms with Crippen LogP contribution in [0.25, 0.3) is 16.8 Å². The van der Waals surface area contributed by atoms with Crippen LogP contribution in [0, 0.1) is 10.1 Å². The molecule has 10 nitrogen and oxygen atoms in total. The lowest BCUT2D eigenvalue weighted by Crippen LogP contribution is -2.27. The van der Waals surface area contributed by atoms with E-state index in [4.69, 9.17) is 9.47 Å². The van der Waals surface area contributed by atoms with Crippen LogP contribution in [0.3, 0.4) is 0 Å². The average molecular weight is 570 g/mol. The van der Waals surface area contributed by atoms with Crippen molar-refractivity contribution in [1.29, 1.82) is 0 Å². The van der Waals surface area contributed by atoms with E-state index < -0.39 is 10.8 Å². The van der Waals surface area contributed by atoms with Crippen molar-refractivity contribution in [3.63, 3.8) is 0 Å². The highest BCUT2D eigenvalue weighted by Crippen LogP contribution is 2.36. The van der Waals surface area contributed by atoms with Crippen LogP contribution in [0.5, 0.6) is 11.5 Å². The van der Waals surface area contributed by atoms with E-state index >= 15 is 0 Å². The Bertz CT molecular complexity index is 1710. The van der Waals surface area contributed by atoms with E-state index in [1.807, 2.05) is 42.5 Å². The molecule has 1 fully saturated rings. The van der Waals surface area contributed by atoms with Crippen LogP contribution < -0.4 is 14.8 Å². The number of carbonyl (C=O) groups is 3. The lowest BCUT2D eigenvalue weighted by molar-refractivity contribution is -0.384. The highest BCUT2D eigenvalue weighted by molar-refractivity contribution is 8.18. The maximum absolute atomic E-state index is 13.1. The van der Waals surface area contributed by atoms with Gasteiger partial charge in [0.15, 0.2) is 18.1 Å². The number of fused-ring (bicyclic) bond motifs is 1. The number of non-ortho nitro benzene ring substituents is 1. The van der Waals surface area contributed by atoms with Crippen molar-refractivity contribution in [1.82, 2.24) is 4.90 Å². The molecule has 1 heterocycles. The summed E-state index contributed by atoms with van der Waals surface area (Å²) in [5.74, 6) is -0.304. The minimum atomic E-state index is -0.552.